The number of anilines is 2. The smallest absolute Gasteiger partial charge is 0.265 e. The van der Waals surface area contributed by atoms with Crippen LogP contribution >= 0.6 is 0 Å². The standard InChI is InChI=1S/C21H23N3O6S/c1-29-18-7-3-2-6-16(18)22-20(25)13-24-17-12-15(8-9-19(17)30-14-21(24)26)31(27,28)23-10-4-5-11-23/h2-3,6-9,12H,4-5,10-11,13-14H2,1H3,(H,22,25). The molecular formula is C21H23N3O6S. The molecule has 1 saturated heterocycles. The molecule has 2 aromatic carbocycles. The Morgan fingerprint density at radius 1 is 1.16 bits per heavy atom. The number of nitrogens with one attached hydrogen (secondary N) is 1. The highest BCUT2D eigenvalue weighted by atomic mass is 32.2. The second-order valence-electron chi connectivity index (χ2n) is 7.26. The van der Waals surface area contributed by atoms with Crippen molar-refractivity contribution in [1.82, 2.24) is 4.31 Å². The molecule has 0 aromatic heterocycles. The molecule has 2 heterocycles. The summed E-state index contributed by atoms with van der Waals surface area (Å²) in [4.78, 5) is 26.5. The van der Waals surface area contributed by atoms with Crippen LogP contribution in [0.5, 0.6) is 11.5 Å². The molecule has 1 fully saturated rings. The fourth-order valence-electron chi connectivity index (χ4n) is 3.67. The van der Waals surface area contributed by atoms with E-state index in [0.717, 1.165) is 12.8 Å². The fourth-order valence-corrected chi connectivity index (χ4v) is 5.21. The number of sulfonamides is 1. The number of ether oxygens (including phenoxy) is 2. The van der Waals surface area contributed by atoms with Gasteiger partial charge in [-0.1, -0.05) is 12.1 Å². The minimum absolute atomic E-state index is 0.0709. The average molecular weight is 445 g/mol. The summed E-state index contributed by atoms with van der Waals surface area (Å²) < 4.78 is 38.0. The number of rotatable bonds is 6. The van der Waals surface area contributed by atoms with Crippen LogP contribution in [0.15, 0.2) is 47.4 Å². The number of carbonyl (C=O) groups excluding carboxylic acids is 2. The minimum Gasteiger partial charge on any atom is -0.495 e. The second kappa shape index (κ2) is 8.56. The van der Waals surface area contributed by atoms with Gasteiger partial charge in [-0.3, -0.25) is 14.5 Å². The molecule has 0 aliphatic carbocycles. The zero-order valence-electron chi connectivity index (χ0n) is 17.0. The number of benzene rings is 2. The first-order valence-electron chi connectivity index (χ1n) is 9.90. The molecule has 0 unspecified atom stereocenters. The Kier molecular flexibility index (Phi) is 5.84. The zero-order chi connectivity index (χ0) is 22.0. The van der Waals surface area contributed by atoms with E-state index in [9.17, 15) is 18.0 Å². The monoisotopic (exact) mass is 445 g/mol. The van der Waals surface area contributed by atoms with E-state index in [2.05, 4.69) is 5.32 Å². The third kappa shape index (κ3) is 4.21. The van der Waals surface area contributed by atoms with Gasteiger partial charge in [-0.2, -0.15) is 4.31 Å². The van der Waals surface area contributed by atoms with Crippen molar-refractivity contribution >= 4 is 33.2 Å². The van der Waals surface area contributed by atoms with Crippen LogP contribution in [0.3, 0.4) is 0 Å². The number of para-hydroxylation sites is 2. The lowest BCUT2D eigenvalue weighted by Crippen LogP contribution is -2.43. The Morgan fingerprint density at radius 3 is 2.65 bits per heavy atom. The number of methoxy groups -OCH3 is 1. The Labute approximate surface area is 180 Å². The summed E-state index contributed by atoms with van der Waals surface area (Å²) in [6.07, 6.45) is 1.64. The lowest BCUT2D eigenvalue weighted by Gasteiger charge is -2.29. The van der Waals surface area contributed by atoms with E-state index in [1.54, 1.807) is 24.3 Å². The maximum absolute atomic E-state index is 12.9. The third-order valence-electron chi connectivity index (χ3n) is 5.26. The van der Waals surface area contributed by atoms with Crippen LogP contribution < -0.4 is 19.7 Å². The van der Waals surface area contributed by atoms with E-state index in [1.165, 1.54) is 34.5 Å². The highest BCUT2D eigenvalue weighted by Gasteiger charge is 2.32. The third-order valence-corrected chi connectivity index (χ3v) is 7.15. The predicted octanol–water partition coefficient (Wildman–Crippen LogP) is 1.84. The van der Waals surface area contributed by atoms with Gasteiger partial charge in [0.05, 0.1) is 23.4 Å². The number of hydrogen-bond acceptors (Lipinski definition) is 6. The molecule has 4 rings (SSSR count). The lowest BCUT2D eigenvalue weighted by atomic mass is 10.2. The molecule has 2 aliphatic rings. The van der Waals surface area contributed by atoms with E-state index in [0.29, 0.717) is 30.3 Å². The van der Waals surface area contributed by atoms with Crippen molar-refractivity contribution in [2.45, 2.75) is 17.7 Å². The number of nitrogens with zero attached hydrogens (tertiary/aromatic N) is 2. The maximum Gasteiger partial charge on any atom is 0.265 e. The highest BCUT2D eigenvalue weighted by Crippen LogP contribution is 2.35. The number of carbonyl (C=O) groups is 2. The van der Waals surface area contributed by atoms with Gasteiger partial charge in [-0.05, 0) is 43.2 Å². The summed E-state index contributed by atoms with van der Waals surface area (Å²) in [6.45, 7) is 0.424. The van der Waals surface area contributed by atoms with Crippen LogP contribution in [0.4, 0.5) is 11.4 Å². The van der Waals surface area contributed by atoms with Crippen LogP contribution in [-0.2, 0) is 19.6 Å². The molecule has 2 amide bonds. The molecule has 2 aliphatic heterocycles. The molecule has 0 bridgehead atoms. The summed E-state index contributed by atoms with van der Waals surface area (Å²) in [5.74, 6) is -0.0366. The zero-order valence-corrected chi connectivity index (χ0v) is 17.9. The van der Waals surface area contributed by atoms with Crippen molar-refractivity contribution in [2.24, 2.45) is 0 Å². The van der Waals surface area contributed by atoms with Gasteiger partial charge in [0.25, 0.3) is 5.91 Å². The summed E-state index contributed by atoms with van der Waals surface area (Å²) >= 11 is 0. The van der Waals surface area contributed by atoms with Gasteiger partial charge < -0.3 is 14.8 Å². The Morgan fingerprint density at radius 2 is 1.90 bits per heavy atom. The van der Waals surface area contributed by atoms with Crippen molar-refractivity contribution in [3.05, 3.63) is 42.5 Å². The molecule has 0 spiro atoms. The molecule has 0 atom stereocenters. The van der Waals surface area contributed by atoms with Crippen LogP contribution in [0.25, 0.3) is 0 Å². The van der Waals surface area contributed by atoms with Gasteiger partial charge in [0.15, 0.2) is 6.61 Å². The average Bonchev–Trinajstić information content (AvgIpc) is 3.32. The van der Waals surface area contributed by atoms with Crippen LogP contribution in [0.2, 0.25) is 0 Å². The Hall–Kier alpha value is -3.11. The van der Waals surface area contributed by atoms with Gasteiger partial charge in [-0.25, -0.2) is 8.42 Å². The Bertz CT molecular complexity index is 1110. The second-order valence-corrected chi connectivity index (χ2v) is 9.20. The predicted molar refractivity (Wildman–Crippen MR) is 114 cm³/mol. The molecule has 1 N–H and O–H groups in total. The van der Waals surface area contributed by atoms with Crippen molar-refractivity contribution in [3.8, 4) is 11.5 Å². The maximum atomic E-state index is 12.9. The SMILES string of the molecule is COc1ccccc1NC(=O)CN1C(=O)COc2ccc(S(=O)(=O)N3CCCC3)cc21. The summed E-state index contributed by atoms with van der Waals surface area (Å²) in [6, 6.07) is 11.3. The van der Waals surface area contributed by atoms with Crippen LogP contribution in [0.1, 0.15) is 12.8 Å². The Balaban J connectivity index is 1.59. The van der Waals surface area contributed by atoms with Gasteiger partial charge in [0.2, 0.25) is 15.9 Å². The first kappa shape index (κ1) is 21.1. The summed E-state index contributed by atoms with van der Waals surface area (Å²) in [5, 5.41) is 2.72. The van der Waals surface area contributed by atoms with E-state index in [4.69, 9.17) is 9.47 Å². The molecule has 0 radical (unpaired) electrons. The lowest BCUT2D eigenvalue weighted by molar-refractivity contribution is -0.123. The van der Waals surface area contributed by atoms with Gasteiger partial charge in [0.1, 0.15) is 18.0 Å². The van der Waals surface area contributed by atoms with E-state index < -0.39 is 21.8 Å². The largest absolute Gasteiger partial charge is 0.495 e. The van der Waals surface area contributed by atoms with Gasteiger partial charge in [-0.15, -0.1) is 0 Å². The fraction of sp³-hybridized carbons (Fsp3) is 0.333. The first-order valence-corrected chi connectivity index (χ1v) is 11.3. The highest BCUT2D eigenvalue weighted by molar-refractivity contribution is 7.89. The molecule has 31 heavy (non-hydrogen) atoms. The normalized spacial score (nSPS) is 16.5. The summed E-state index contributed by atoms with van der Waals surface area (Å²) in [5.41, 5.74) is 0.730. The van der Waals surface area contributed by atoms with Crippen molar-refractivity contribution in [2.75, 3.05) is 43.6 Å². The number of hydrogen-bond donors (Lipinski definition) is 1. The summed E-state index contributed by atoms with van der Waals surface area (Å²) in [7, 11) is -2.18. The quantitative estimate of drug-likeness (QED) is 0.728. The topological polar surface area (TPSA) is 105 Å². The molecule has 9 nitrogen and oxygen atoms in total. The molecule has 10 heteroatoms. The van der Waals surface area contributed by atoms with Crippen molar-refractivity contribution in [3.63, 3.8) is 0 Å². The first-order chi connectivity index (χ1) is 14.9. The van der Waals surface area contributed by atoms with E-state index in [-0.39, 0.29) is 23.7 Å². The number of amides is 2. The van der Waals surface area contributed by atoms with Gasteiger partial charge >= 0.3 is 0 Å². The van der Waals surface area contributed by atoms with Crippen molar-refractivity contribution < 1.29 is 27.5 Å². The van der Waals surface area contributed by atoms with E-state index in [1.807, 2.05) is 0 Å². The molecule has 164 valence electrons. The number of fused-ring (bicyclic) bond motifs is 1. The van der Waals surface area contributed by atoms with Gasteiger partial charge in [0, 0.05) is 13.1 Å². The van der Waals surface area contributed by atoms with Crippen LogP contribution in [-0.4, -0.2) is 57.9 Å². The molecule has 0 saturated carbocycles. The van der Waals surface area contributed by atoms with Crippen LogP contribution in [0, 0.1) is 0 Å². The van der Waals surface area contributed by atoms with E-state index >= 15 is 0 Å². The van der Waals surface area contributed by atoms with Crippen molar-refractivity contribution in [1.29, 1.82) is 0 Å². The molecular weight excluding hydrogens is 422 g/mol. The minimum atomic E-state index is -3.68. The molecule has 2 aromatic rings.